The van der Waals surface area contributed by atoms with Gasteiger partial charge < -0.3 is 15.5 Å². The Balaban J connectivity index is 1.94. The molecule has 5 heteroatoms. The van der Waals surface area contributed by atoms with Gasteiger partial charge in [0, 0.05) is 17.7 Å². The van der Waals surface area contributed by atoms with Crippen molar-refractivity contribution < 1.29 is 9.21 Å². The number of nitrogens with zero attached hydrogens (tertiary/aromatic N) is 1. The summed E-state index contributed by atoms with van der Waals surface area (Å²) in [6, 6.07) is 5.78. The third-order valence-electron chi connectivity index (χ3n) is 3.73. The fourth-order valence-corrected chi connectivity index (χ4v) is 2.41. The van der Waals surface area contributed by atoms with Gasteiger partial charge in [-0.1, -0.05) is 18.9 Å². The molecular formula is C18H25N3O2. The summed E-state index contributed by atoms with van der Waals surface area (Å²) in [5.74, 6) is 0.619. The molecule has 1 heterocycles. The molecule has 0 aliphatic heterocycles. The molecule has 0 saturated carbocycles. The number of carbonyl (C=O) groups is 1. The molecule has 1 aromatic heterocycles. The van der Waals surface area contributed by atoms with Crippen molar-refractivity contribution in [1.82, 2.24) is 4.98 Å². The zero-order chi connectivity index (χ0) is 16.7. The number of hydrogen-bond donors (Lipinski definition) is 2. The van der Waals surface area contributed by atoms with E-state index in [9.17, 15) is 4.79 Å². The standard InChI is InChI=1S/C18H25N3O2/c1-13-8-9-15(11-16(13)18-20-14(2)12-23-18)21-17(22)7-5-3-4-6-10-19/h8-9,11-12H,3-7,10,19H2,1-2H3,(H,21,22). The van der Waals surface area contributed by atoms with Crippen molar-refractivity contribution in [1.29, 1.82) is 0 Å². The van der Waals surface area contributed by atoms with Gasteiger partial charge in [-0.3, -0.25) is 4.79 Å². The van der Waals surface area contributed by atoms with Gasteiger partial charge in [0.25, 0.3) is 0 Å². The average Bonchev–Trinajstić information content (AvgIpc) is 2.95. The van der Waals surface area contributed by atoms with Crippen LogP contribution in [0.2, 0.25) is 0 Å². The molecule has 0 saturated heterocycles. The zero-order valence-electron chi connectivity index (χ0n) is 13.9. The molecule has 23 heavy (non-hydrogen) atoms. The molecule has 1 amide bonds. The van der Waals surface area contributed by atoms with Crippen molar-refractivity contribution in [2.45, 2.75) is 46.0 Å². The van der Waals surface area contributed by atoms with Crippen LogP contribution in [-0.2, 0) is 4.79 Å². The first-order chi connectivity index (χ1) is 11.1. The van der Waals surface area contributed by atoms with Crippen molar-refractivity contribution in [3.8, 4) is 11.5 Å². The average molecular weight is 315 g/mol. The zero-order valence-corrected chi connectivity index (χ0v) is 13.9. The second kappa shape index (κ2) is 8.48. The number of nitrogens with one attached hydrogen (secondary N) is 1. The maximum Gasteiger partial charge on any atom is 0.226 e. The highest BCUT2D eigenvalue weighted by atomic mass is 16.3. The number of aromatic nitrogens is 1. The van der Waals surface area contributed by atoms with Crippen molar-refractivity contribution in [2.24, 2.45) is 5.73 Å². The number of anilines is 1. The van der Waals surface area contributed by atoms with Crippen LogP contribution in [0.5, 0.6) is 0 Å². The summed E-state index contributed by atoms with van der Waals surface area (Å²) in [5, 5.41) is 2.94. The molecule has 2 rings (SSSR count). The molecule has 0 aliphatic carbocycles. The number of aryl methyl sites for hydroxylation is 2. The Bertz CT molecular complexity index is 649. The number of hydrogen-bond acceptors (Lipinski definition) is 4. The van der Waals surface area contributed by atoms with E-state index in [1.165, 1.54) is 0 Å². The van der Waals surface area contributed by atoms with E-state index in [1.54, 1.807) is 6.26 Å². The van der Waals surface area contributed by atoms with E-state index in [4.69, 9.17) is 10.2 Å². The fourth-order valence-electron chi connectivity index (χ4n) is 2.41. The molecule has 0 radical (unpaired) electrons. The highest BCUT2D eigenvalue weighted by molar-refractivity contribution is 5.91. The van der Waals surface area contributed by atoms with E-state index in [1.807, 2.05) is 32.0 Å². The second-order valence-electron chi connectivity index (χ2n) is 5.82. The van der Waals surface area contributed by atoms with Crippen LogP contribution in [0.1, 0.15) is 43.4 Å². The predicted molar refractivity (Wildman–Crippen MR) is 92.2 cm³/mol. The first kappa shape index (κ1) is 17.2. The van der Waals surface area contributed by atoms with E-state index >= 15 is 0 Å². The van der Waals surface area contributed by atoms with E-state index in [0.29, 0.717) is 12.3 Å². The Morgan fingerprint density at radius 2 is 2.00 bits per heavy atom. The molecule has 5 nitrogen and oxygen atoms in total. The van der Waals surface area contributed by atoms with Crippen molar-refractivity contribution in [2.75, 3.05) is 11.9 Å². The number of carbonyl (C=O) groups excluding carboxylic acids is 1. The monoisotopic (exact) mass is 315 g/mol. The lowest BCUT2D eigenvalue weighted by molar-refractivity contribution is -0.116. The van der Waals surface area contributed by atoms with Gasteiger partial charge in [-0.05, 0) is 50.9 Å². The maximum atomic E-state index is 12.0. The van der Waals surface area contributed by atoms with Gasteiger partial charge in [-0.15, -0.1) is 0 Å². The van der Waals surface area contributed by atoms with Crippen LogP contribution < -0.4 is 11.1 Å². The minimum Gasteiger partial charge on any atom is -0.444 e. The second-order valence-corrected chi connectivity index (χ2v) is 5.82. The van der Waals surface area contributed by atoms with Crippen LogP contribution in [0.15, 0.2) is 28.9 Å². The van der Waals surface area contributed by atoms with E-state index in [2.05, 4.69) is 10.3 Å². The molecule has 3 N–H and O–H groups in total. The number of rotatable bonds is 8. The molecule has 0 aliphatic rings. The predicted octanol–water partition coefficient (Wildman–Crippen LogP) is 3.81. The maximum absolute atomic E-state index is 12.0. The van der Waals surface area contributed by atoms with Gasteiger partial charge in [0.05, 0.1) is 5.69 Å². The number of benzene rings is 1. The molecule has 1 aromatic carbocycles. The molecular weight excluding hydrogens is 290 g/mol. The summed E-state index contributed by atoms with van der Waals surface area (Å²) in [5.41, 5.74) is 9.03. The van der Waals surface area contributed by atoms with E-state index < -0.39 is 0 Å². The van der Waals surface area contributed by atoms with Gasteiger partial charge in [-0.2, -0.15) is 0 Å². The highest BCUT2D eigenvalue weighted by Gasteiger charge is 2.10. The first-order valence-corrected chi connectivity index (χ1v) is 8.13. The first-order valence-electron chi connectivity index (χ1n) is 8.13. The number of oxazole rings is 1. The Morgan fingerprint density at radius 1 is 1.22 bits per heavy atom. The fraction of sp³-hybridized carbons (Fsp3) is 0.444. The largest absolute Gasteiger partial charge is 0.444 e. The number of amides is 1. The van der Waals surface area contributed by atoms with Gasteiger partial charge >= 0.3 is 0 Å². The van der Waals surface area contributed by atoms with Crippen LogP contribution in [0, 0.1) is 13.8 Å². The summed E-state index contributed by atoms with van der Waals surface area (Å²) in [4.78, 5) is 16.4. The quantitative estimate of drug-likeness (QED) is 0.726. The topological polar surface area (TPSA) is 81.2 Å². The van der Waals surface area contributed by atoms with Crippen LogP contribution in [0.3, 0.4) is 0 Å². The third kappa shape index (κ3) is 5.21. The highest BCUT2D eigenvalue weighted by Crippen LogP contribution is 2.26. The minimum atomic E-state index is 0.0381. The van der Waals surface area contributed by atoms with Crippen LogP contribution >= 0.6 is 0 Å². The van der Waals surface area contributed by atoms with Gasteiger partial charge in [0.2, 0.25) is 11.8 Å². The molecule has 0 spiro atoms. The molecule has 2 aromatic rings. The number of unbranched alkanes of at least 4 members (excludes halogenated alkanes) is 3. The van der Waals surface area contributed by atoms with E-state index in [-0.39, 0.29) is 5.91 Å². The third-order valence-corrected chi connectivity index (χ3v) is 3.73. The van der Waals surface area contributed by atoms with Crippen LogP contribution in [0.25, 0.3) is 11.5 Å². The SMILES string of the molecule is Cc1coc(-c2cc(NC(=O)CCCCCCN)ccc2C)n1. The van der Waals surface area contributed by atoms with Gasteiger partial charge in [-0.25, -0.2) is 4.98 Å². The van der Waals surface area contributed by atoms with Gasteiger partial charge in [0.15, 0.2) is 0 Å². The van der Waals surface area contributed by atoms with Crippen LogP contribution in [-0.4, -0.2) is 17.4 Å². The molecule has 0 atom stereocenters. The lowest BCUT2D eigenvalue weighted by Gasteiger charge is -2.08. The van der Waals surface area contributed by atoms with Crippen molar-refractivity contribution >= 4 is 11.6 Å². The summed E-state index contributed by atoms with van der Waals surface area (Å²) in [7, 11) is 0. The van der Waals surface area contributed by atoms with Crippen LogP contribution in [0.4, 0.5) is 5.69 Å². The Morgan fingerprint density at radius 3 is 2.70 bits per heavy atom. The Hall–Kier alpha value is -2.14. The smallest absolute Gasteiger partial charge is 0.226 e. The van der Waals surface area contributed by atoms with Gasteiger partial charge in [0.1, 0.15) is 6.26 Å². The number of nitrogens with two attached hydrogens (primary N) is 1. The lowest BCUT2D eigenvalue weighted by atomic mass is 10.1. The Kier molecular flexibility index (Phi) is 6.35. The minimum absolute atomic E-state index is 0.0381. The Labute approximate surface area is 137 Å². The molecule has 0 fully saturated rings. The lowest BCUT2D eigenvalue weighted by Crippen LogP contribution is -2.11. The normalized spacial score (nSPS) is 10.7. The molecule has 0 bridgehead atoms. The summed E-state index contributed by atoms with van der Waals surface area (Å²) < 4.78 is 5.46. The summed E-state index contributed by atoms with van der Waals surface area (Å²) in [6.07, 6.45) is 6.20. The van der Waals surface area contributed by atoms with Crippen molar-refractivity contribution in [3.05, 3.63) is 35.7 Å². The van der Waals surface area contributed by atoms with Crippen molar-refractivity contribution in [3.63, 3.8) is 0 Å². The van der Waals surface area contributed by atoms with E-state index in [0.717, 1.165) is 54.7 Å². The summed E-state index contributed by atoms with van der Waals surface area (Å²) >= 11 is 0. The molecule has 124 valence electrons. The summed E-state index contributed by atoms with van der Waals surface area (Å²) in [6.45, 7) is 4.61. The molecule has 0 unspecified atom stereocenters.